The maximum Gasteiger partial charge on any atom is 0.264 e. The quantitative estimate of drug-likeness (QED) is 0.551. The Balaban J connectivity index is 1.64. The van der Waals surface area contributed by atoms with Crippen LogP contribution in [0.15, 0.2) is 56.3 Å². The molecule has 9 heteroatoms. The molecular formula is C18H20BrN5O3. The Bertz CT molecular complexity index is 837. The van der Waals surface area contributed by atoms with Gasteiger partial charge in [-0.25, -0.2) is 5.43 Å². The second-order valence-electron chi connectivity index (χ2n) is 5.98. The summed E-state index contributed by atoms with van der Waals surface area (Å²) in [4.78, 5) is 12.4. The molecule has 1 aliphatic heterocycles. The molecule has 0 aromatic heterocycles. The number of carbonyl (C=O) groups is 1. The zero-order chi connectivity index (χ0) is 19.4. The van der Waals surface area contributed by atoms with E-state index < -0.39 is 6.04 Å². The van der Waals surface area contributed by atoms with Crippen molar-refractivity contribution in [2.24, 2.45) is 15.4 Å². The molecule has 0 saturated carbocycles. The van der Waals surface area contributed by atoms with E-state index in [1.807, 2.05) is 30.4 Å². The van der Waals surface area contributed by atoms with Gasteiger partial charge in [0.2, 0.25) is 0 Å². The summed E-state index contributed by atoms with van der Waals surface area (Å²) in [5.41, 5.74) is 3.29. The van der Waals surface area contributed by atoms with E-state index in [1.54, 1.807) is 32.2 Å². The summed E-state index contributed by atoms with van der Waals surface area (Å²) in [5, 5.41) is 14.0. The van der Waals surface area contributed by atoms with Crippen LogP contribution in [-0.4, -0.2) is 49.5 Å². The Morgan fingerprint density at radius 2 is 2.11 bits per heavy atom. The van der Waals surface area contributed by atoms with Gasteiger partial charge in [0.05, 0.1) is 30.9 Å². The predicted molar refractivity (Wildman–Crippen MR) is 105 cm³/mol. The molecule has 1 aliphatic carbocycles. The molecule has 0 unspecified atom stereocenters. The van der Waals surface area contributed by atoms with Crippen LogP contribution < -0.4 is 14.9 Å². The number of allylic oxidation sites excluding steroid dienone is 2. The van der Waals surface area contributed by atoms with Crippen molar-refractivity contribution in [1.82, 2.24) is 10.4 Å². The number of rotatable bonds is 6. The van der Waals surface area contributed by atoms with Crippen LogP contribution in [0.25, 0.3) is 0 Å². The monoisotopic (exact) mass is 433 g/mol. The number of ether oxygens (including phenoxy) is 2. The number of amides is 1. The summed E-state index contributed by atoms with van der Waals surface area (Å²) in [6.45, 7) is 1.77. The lowest BCUT2D eigenvalue weighted by molar-refractivity contribution is -0.126. The average molecular weight is 434 g/mol. The first-order chi connectivity index (χ1) is 13.0. The van der Waals surface area contributed by atoms with Crippen molar-refractivity contribution in [3.8, 4) is 11.5 Å². The number of nitrogens with zero attached hydrogens (tertiary/aromatic N) is 4. The minimum atomic E-state index is -0.505. The van der Waals surface area contributed by atoms with Crippen LogP contribution in [0.5, 0.6) is 11.5 Å². The minimum Gasteiger partial charge on any atom is -0.493 e. The zero-order valence-electron chi connectivity index (χ0n) is 15.2. The number of halogens is 1. The maximum absolute atomic E-state index is 12.4. The molecule has 1 heterocycles. The molecule has 1 N–H and O–H groups in total. The van der Waals surface area contributed by atoms with Gasteiger partial charge in [-0.05, 0) is 40.5 Å². The molecule has 1 aromatic carbocycles. The second kappa shape index (κ2) is 8.34. The SMILES string of the molecule is COc1cc(/C=N\NC(=O)[C@@H](C)N2N=N[C@H]3C=CC=C[C@H]32)cc(Br)c1OC. The van der Waals surface area contributed by atoms with Gasteiger partial charge < -0.3 is 9.47 Å². The number of benzene rings is 1. The van der Waals surface area contributed by atoms with Crippen LogP contribution in [0, 0.1) is 0 Å². The summed E-state index contributed by atoms with van der Waals surface area (Å²) >= 11 is 3.42. The van der Waals surface area contributed by atoms with Gasteiger partial charge in [0, 0.05) is 0 Å². The smallest absolute Gasteiger partial charge is 0.264 e. The standard InChI is InChI=1S/C18H20BrN5O3/c1-11(24-15-7-5-4-6-14(15)21-23-24)18(25)22-20-10-12-8-13(19)17(27-3)16(9-12)26-2/h4-11,14-15H,1-3H3,(H,22,25)/b20-10-/t11-,14+,15-/m1/s1. The molecule has 1 aromatic rings. The second-order valence-corrected chi connectivity index (χ2v) is 6.84. The van der Waals surface area contributed by atoms with Crippen molar-refractivity contribution in [2.75, 3.05) is 14.2 Å². The number of hydrazone groups is 1. The van der Waals surface area contributed by atoms with Crippen LogP contribution in [0.4, 0.5) is 0 Å². The third kappa shape index (κ3) is 4.02. The molecule has 0 saturated heterocycles. The van der Waals surface area contributed by atoms with Gasteiger partial charge in [-0.2, -0.15) is 10.2 Å². The van der Waals surface area contributed by atoms with Gasteiger partial charge in [-0.3, -0.25) is 9.80 Å². The van der Waals surface area contributed by atoms with Crippen molar-refractivity contribution in [1.29, 1.82) is 0 Å². The fourth-order valence-corrected chi connectivity index (χ4v) is 3.47. The van der Waals surface area contributed by atoms with Gasteiger partial charge in [-0.1, -0.05) is 29.5 Å². The maximum atomic E-state index is 12.4. The molecule has 2 aliphatic rings. The highest BCUT2D eigenvalue weighted by Gasteiger charge is 2.35. The summed E-state index contributed by atoms with van der Waals surface area (Å²) in [5.74, 6) is 0.887. The van der Waals surface area contributed by atoms with Crippen molar-refractivity contribution in [3.63, 3.8) is 0 Å². The summed E-state index contributed by atoms with van der Waals surface area (Å²) in [7, 11) is 3.12. The molecule has 0 spiro atoms. The Morgan fingerprint density at radius 1 is 1.33 bits per heavy atom. The Labute approximate surface area is 165 Å². The highest BCUT2D eigenvalue weighted by molar-refractivity contribution is 9.10. The van der Waals surface area contributed by atoms with Crippen LogP contribution in [-0.2, 0) is 4.79 Å². The topological polar surface area (TPSA) is 87.9 Å². The van der Waals surface area contributed by atoms with Gasteiger partial charge in [0.25, 0.3) is 5.91 Å². The van der Waals surface area contributed by atoms with E-state index in [4.69, 9.17) is 9.47 Å². The van der Waals surface area contributed by atoms with E-state index >= 15 is 0 Å². The first-order valence-electron chi connectivity index (χ1n) is 8.33. The number of nitrogens with one attached hydrogen (secondary N) is 1. The first kappa shape index (κ1) is 19.1. The molecule has 8 nitrogen and oxygen atoms in total. The van der Waals surface area contributed by atoms with Gasteiger partial charge in [0.15, 0.2) is 11.5 Å². The van der Waals surface area contributed by atoms with Gasteiger partial charge >= 0.3 is 0 Å². The van der Waals surface area contributed by atoms with E-state index in [0.29, 0.717) is 11.5 Å². The van der Waals surface area contributed by atoms with E-state index in [0.717, 1.165) is 10.0 Å². The molecule has 1 amide bonds. The number of hydrogen-bond donors (Lipinski definition) is 1. The normalized spacial score (nSPS) is 21.4. The minimum absolute atomic E-state index is 0.0402. The number of hydrogen-bond acceptors (Lipinski definition) is 7. The Morgan fingerprint density at radius 3 is 2.85 bits per heavy atom. The lowest BCUT2D eigenvalue weighted by Crippen LogP contribution is -2.46. The fourth-order valence-electron chi connectivity index (χ4n) is 2.85. The number of carbonyl (C=O) groups excluding carboxylic acids is 1. The van der Waals surface area contributed by atoms with E-state index in [-0.39, 0.29) is 18.0 Å². The number of methoxy groups -OCH3 is 2. The highest BCUT2D eigenvalue weighted by atomic mass is 79.9. The van der Waals surface area contributed by atoms with Crippen LogP contribution in [0.2, 0.25) is 0 Å². The average Bonchev–Trinajstić information content (AvgIpc) is 3.10. The third-order valence-electron chi connectivity index (χ3n) is 4.29. The zero-order valence-corrected chi connectivity index (χ0v) is 16.8. The molecule has 142 valence electrons. The van der Waals surface area contributed by atoms with Crippen LogP contribution in [0.1, 0.15) is 12.5 Å². The Hall–Kier alpha value is -2.68. The van der Waals surface area contributed by atoms with E-state index in [2.05, 4.69) is 36.8 Å². The van der Waals surface area contributed by atoms with E-state index in [1.165, 1.54) is 6.21 Å². The van der Waals surface area contributed by atoms with Crippen LogP contribution in [0.3, 0.4) is 0 Å². The van der Waals surface area contributed by atoms with Crippen molar-refractivity contribution in [2.45, 2.75) is 25.0 Å². The Kier molecular flexibility index (Phi) is 5.90. The third-order valence-corrected chi connectivity index (χ3v) is 4.88. The largest absolute Gasteiger partial charge is 0.493 e. The van der Waals surface area contributed by atoms with Gasteiger partial charge in [0.1, 0.15) is 12.1 Å². The van der Waals surface area contributed by atoms with Gasteiger partial charge in [-0.15, -0.1) is 0 Å². The highest BCUT2D eigenvalue weighted by Crippen LogP contribution is 2.35. The molecule has 0 bridgehead atoms. The summed E-state index contributed by atoms with van der Waals surface area (Å²) in [6, 6.07) is 2.99. The lowest BCUT2D eigenvalue weighted by atomic mass is 10.0. The number of fused-ring (bicyclic) bond motifs is 1. The lowest BCUT2D eigenvalue weighted by Gasteiger charge is -2.27. The summed E-state index contributed by atoms with van der Waals surface area (Å²) in [6.07, 6.45) is 9.35. The molecule has 0 fully saturated rings. The van der Waals surface area contributed by atoms with E-state index in [9.17, 15) is 4.79 Å². The molecule has 3 atom stereocenters. The van der Waals surface area contributed by atoms with Crippen molar-refractivity contribution >= 4 is 28.1 Å². The molecular weight excluding hydrogens is 414 g/mol. The molecule has 27 heavy (non-hydrogen) atoms. The van der Waals surface area contributed by atoms with Crippen molar-refractivity contribution in [3.05, 3.63) is 46.5 Å². The fraction of sp³-hybridized carbons (Fsp3) is 0.333. The van der Waals surface area contributed by atoms with Crippen LogP contribution >= 0.6 is 15.9 Å². The predicted octanol–water partition coefficient (Wildman–Crippen LogP) is 2.85. The van der Waals surface area contributed by atoms with Crippen molar-refractivity contribution < 1.29 is 14.3 Å². The first-order valence-corrected chi connectivity index (χ1v) is 9.13. The summed E-state index contributed by atoms with van der Waals surface area (Å²) < 4.78 is 11.3. The molecule has 3 rings (SSSR count). The molecule has 0 radical (unpaired) electrons.